The van der Waals surface area contributed by atoms with Crippen molar-refractivity contribution in [2.45, 2.75) is 6.54 Å². The van der Waals surface area contributed by atoms with Crippen LogP contribution in [0.5, 0.6) is 11.5 Å². The number of hydrogen-bond acceptors (Lipinski definition) is 4. The fourth-order valence-electron chi connectivity index (χ4n) is 2.20. The molecule has 5 nitrogen and oxygen atoms in total. The van der Waals surface area contributed by atoms with Gasteiger partial charge >= 0.3 is 0 Å². The lowest BCUT2D eigenvalue weighted by atomic mass is 10.1. The van der Waals surface area contributed by atoms with Gasteiger partial charge in [0.2, 0.25) is 0 Å². The SMILES string of the molecule is COc1ccc(CNC(=O)c2cccc(N(C)C)c2)cc1OC. The number of benzene rings is 2. The molecule has 5 heteroatoms. The molecule has 1 amide bonds. The van der Waals surface area contributed by atoms with Crippen molar-refractivity contribution in [3.8, 4) is 11.5 Å². The van der Waals surface area contributed by atoms with E-state index in [-0.39, 0.29) is 5.91 Å². The summed E-state index contributed by atoms with van der Waals surface area (Å²) in [6.07, 6.45) is 0. The van der Waals surface area contributed by atoms with Crippen LogP contribution in [0.1, 0.15) is 15.9 Å². The lowest BCUT2D eigenvalue weighted by Gasteiger charge is -2.14. The summed E-state index contributed by atoms with van der Waals surface area (Å²) in [7, 11) is 7.07. The molecule has 2 rings (SSSR count). The molecule has 0 atom stereocenters. The second kappa shape index (κ2) is 7.54. The van der Waals surface area contributed by atoms with Crippen molar-refractivity contribution < 1.29 is 14.3 Å². The molecule has 0 aromatic heterocycles. The number of ether oxygens (including phenoxy) is 2. The molecule has 0 unspecified atom stereocenters. The third-order valence-corrected chi connectivity index (χ3v) is 3.53. The Kier molecular flexibility index (Phi) is 5.46. The summed E-state index contributed by atoms with van der Waals surface area (Å²) >= 11 is 0. The van der Waals surface area contributed by atoms with E-state index in [4.69, 9.17) is 9.47 Å². The summed E-state index contributed by atoms with van der Waals surface area (Å²) in [6.45, 7) is 0.422. The standard InChI is InChI=1S/C18H22N2O3/c1-20(2)15-7-5-6-14(11-15)18(21)19-12-13-8-9-16(22-3)17(10-13)23-4/h5-11H,12H2,1-4H3,(H,19,21). The first-order chi connectivity index (χ1) is 11.0. The lowest BCUT2D eigenvalue weighted by molar-refractivity contribution is 0.0951. The Hall–Kier alpha value is -2.69. The molecule has 0 aliphatic rings. The summed E-state index contributed by atoms with van der Waals surface area (Å²) in [4.78, 5) is 14.2. The molecule has 0 bridgehead atoms. The highest BCUT2D eigenvalue weighted by Gasteiger charge is 2.09. The van der Waals surface area contributed by atoms with Crippen molar-refractivity contribution in [3.05, 3.63) is 53.6 Å². The normalized spacial score (nSPS) is 10.1. The van der Waals surface area contributed by atoms with Crippen LogP contribution in [0, 0.1) is 0 Å². The zero-order valence-electron chi connectivity index (χ0n) is 13.9. The minimum atomic E-state index is -0.108. The number of amides is 1. The van der Waals surface area contributed by atoms with Crippen molar-refractivity contribution >= 4 is 11.6 Å². The van der Waals surface area contributed by atoms with Gasteiger partial charge in [-0.25, -0.2) is 0 Å². The molecule has 0 fully saturated rings. The van der Waals surface area contributed by atoms with Crippen molar-refractivity contribution in [3.63, 3.8) is 0 Å². The van der Waals surface area contributed by atoms with Gasteiger partial charge in [0.05, 0.1) is 14.2 Å². The minimum Gasteiger partial charge on any atom is -0.493 e. The van der Waals surface area contributed by atoms with E-state index >= 15 is 0 Å². The van der Waals surface area contributed by atoms with Crippen LogP contribution in [0.2, 0.25) is 0 Å². The Balaban J connectivity index is 2.06. The average Bonchev–Trinajstić information content (AvgIpc) is 2.59. The number of rotatable bonds is 6. The largest absolute Gasteiger partial charge is 0.493 e. The zero-order chi connectivity index (χ0) is 16.8. The molecule has 0 saturated heterocycles. The fraction of sp³-hybridized carbons (Fsp3) is 0.278. The number of nitrogens with zero attached hydrogens (tertiary/aromatic N) is 1. The van der Waals surface area contributed by atoms with Gasteiger partial charge in [0, 0.05) is 31.9 Å². The van der Waals surface area contributed by atoms with Gasteiger partial charge in [-0.1, -0.05) is 12.1 Å². The zero-order valence-corrected chi connectivity index (χ0v) is 13.9. The van der Waals surface area contributed by atoms with Crippen LogP contribution < -0.4 is 19.7 Å². The van der Waals surface area contributed by atoms with Crippen molar-refractivity contribution in [1.29, 1.82) is 0 Å². The summed E-state index contributed by atoms with van der Waals surface area (Å²) in [5, 5.41) is 2.92. The molecule has 0 saturated carbocycles. The van der Waals surface area contributed by atoms with Crippen molar-refractivity contribution in [2.24, 2.45) is 0 Å². The van der Waals surface area contributed by atoms with Gasteiger partial charge in [0.15, 0.2) is 11.5 Å². The van der Waals surface area contributed by atoms with Gasteiger partial charge in [0.25, 0.3) is 5.91 Å². The molecule has 122 valence electrons. The highest BCUT2D eigenvalue weighted by molar-refractivity contribution is 5.95. The number of carbonyl (C=O) groups is 1. The van der Waals surface area contributed by atoms with Crippen LogP contribution in [0.3, 0.4) is 0 Å². The van der Waals surface area contributed by atoms with Gasteiger partial charge in [-0.3, -0.25) is 4.79 Å². The topological polar surface area (TPSA) is 50.8 Å². The van der Waals surface area contributed by atoms with Crippen LogP contribution in [-0.2, 0) is 6.54 Å². The number of hydrogen-bond donors (Lipinski definition) is 1. The maximum atomic E-state index is 12.3. The highest BCUT2D eigenvalue weighted by Crippen LogP contribution is 2.27. The first kappa shape index (κ1) is 16.7. The van der Waals surface area contributed by atoms with E-state index in [1.165, 1.54) is 0 Å². The molecule has 2 aromatic rings. The van der Waals surface area contributed by atoms with E-state index in [9.17, 15) is 4.79 Å². The predicted octanol–water partition coefficient (Wildman–Crippen LogP) is 2.70. The lowest BCUT2D eigenvalue weighted by Crippen LogP contribution is -2.23. The third kappa shape index (κ3) is 4.16. The summed E-state index contributed by atoms with van der Waals surface area (Å²) in [6, 6.07) is 13.1. The van der Waals surface area contributed by atoms with Crippen molar-refractivity contribution in [2.75, 3.05) is 33.2 Å². The highest BCUT2D eigenvalue weighted by atomic mass is 16.5. The Labute approximate surface area is 136 Å². The van der Waals surface area contributed by atoms with Crippen LogP contribution in [0.15, 0.2) is 42.5 Å². The maximum Gasteiger partial charge on any atom is 0.251 e. The van der Waals surface area contributed by atoms with Crippen LogP contribution in [-0.4, -0.2) is 34.2 Å². The third-order valence-electron chi connectivity index (χ3n) is 3.53. The average molecular weight is 314 g/mol. The Bertz CT molecular complexity index is 684. The fourth-order valence-corrected chi connectivity index (χ4v) is 2.20. The van der Waals surface area contributed by atoms with E-state index < -0.39 is 0 Å². The van der Waals surface area contributed by atoms with E-state index in [1.807, 2.05) is 55.4 Å². The van der Waals surface area contributed by atoms with E-state index in [0.29, 0.717) is 23.6 Å². The van der Waals surface area contributed by atoms with Gasteiger partial charge in [0.1, 0.15) is 0 Å². The number of carbonyl (C=O) groups excluding carboxylic acids is 1. The molecule has 0 radical (unpaired) electrons. The molecule has 1 N–H and O–H groups in total. The predicted molar refractivity (Wildman–Crippen MR) is 91.5 cm³/mol. The van der Waals surface area contributed by atoms with Crippen LogP contribution >= 0.6 is 0 Å². The Morgan fingerprint density at radius 3 is 2.43 bits per heavy atom. The summed E-state index contributed by atoms with van der Waals surface area (Å²) in [5.74, 6) is 1.21. The monoisotopic (exact) mass is 314 g/mol. The molecule has 2 aromatic carbocycles. The molecule has 23 heavy (non-hydrogen) atoms. The molecule has 0 heterocycles. The van der Waals surface area contributed by atoms with Crippen LogP contribution in [0.25, 0.3) is 0 Å². The Morgan fingerprint density at radius 2 is 1.78 bits per heavy atom. The smallest absolute Gasteiger partial charge is 0.251 e. The van der Waals surface area contributed by atoms with E-state index in [0.717, 1.165) is 11.3 Å². The second-order valence-electron chi connectivity index (χ2n) is 5.32. The first-order valence-corrected chi connectivity index (χ1v) is 7.31. The first-order valence-electron chi connectivity index (χ1n) is 7.31. The van der Waals surface area contributed by atoms with Gasteiger partial charge in [-0.05, 0) is 35.9 Å². The van der Waals surface area contributed by atoms with Crippen LogP contribution in [0.4, 0.5) is 5.69 Å². The number of anilines is 1. The number of nitrogens with one attached hydrogen (secondary N) is 1. The molecular weight excluding hydrogens is 292 g/mol. The van der Waals surface area contributed by atoms with E-state index in [2.05, 4.69) is 5.32 Å². The molecule has 0 aliphatic heterocycles. The number of methoxy groups -OCH3 is 2. The minimum absolute atomic E-state index is 0.108. The second-order valence-corrected chi connectivity index (χ2v) is 5.32. The van der Waals surface area contributed by atoms with Crippen molar-refractivity contribution in [1.82, 2.24) is 5.32 Å². The van der Waals surface area contributed by atoms with E-state index in [1.54, 1.807) is 20.3 Å². The van der Waals surface area contributed by atoms with Gasteiger partial charge in [-0.15, -0.1) is 0 Å². The summed E-state index contributed by atoms with van der Waals surface area (Å²) < 4.78 is 10.5. The van der Waals surface area contributed by atoms with Gasteiger partial charge in [-0.2, -0.15) is 0 Å². The molecular formula is C18H22N2O3. The van der Waals surface area contributed by atoms with Gasteiger partial charge < -0.3 is 19.7 Å². The Morgan fingerprint density at radius 1 is 1.04 bits per heavy atom. The maximum absolute atomic E-state index is 12.3. The quantitative estimate of drug-likeness (QED) is 0.891. The molecule has 0 spiro atoms. The summed E-state index contributed by atoms with van der Waals surface area (Å²) in [5.41, 5.74) is 2.57. The molecule has 0 aliphatic carbocycles.